The summed E-state index contributed by atoms with van der Waals surface area (Å²) in [6.45, 7) is 1.29. The van der Waals surface area contributed by atoms with Gasteiger partial charge in [-0.25, -0.2) is 0 Å². The number of amides is 2. The molecule has 0 bridgehead atoms. The third kappa shape index (κ3) is 4.73. The van der Waals surface area contributed by atoms with E-state index in [1.807, 2.05) is 6.07 Å². The van der Waals surface area contributed by atoms with Crippen LogP contribution < -0.4 is 5.32 Å². The molecular formula is C21H25N3O3. The summed E-state index contributed by atoms with van der Waals surface area (Å²) in [6, 6.07) is 8.76. The Kier molecular flexibility index (Phi) is 6.23. The van der Waals surface area contributed by atoms with Gasteiger partial charge in [-0.1, -0.05) is 43.5 Å². The molecule has 1 heterocycles. The minimum atomic E-state index is -1.32. The number of likely N-dealkylation sites (tertiary alicyclic amines) is 1. The van der Waals surface area contributed by atoms with E-state index in [4.69, 9.17) is 0 Å². The second-order valence-electron chi connectivity index (χ2n) is 7.39. The van der Waals surface area contributed by atoms with Crippen molar-refractivity contribution >= 4 is 17.6 Å². The molecule has 3 rings (SSSR count). The molecule has 2 fully saturated rings. The van der Waals surface area contributed by atoms with Gasteiger partial charge in [-0.2, -0.15) is 5.26 Å². The van der Waals surface area contributed by atoms with Crippen LogP contribution in [0.1, 0.15) is 60.9 Å². The van der Waals surface area contributed by atoms with Crippen molar-refractivity contribution in [1.29, 1.82) is 5.26 Å². The van der Waals surface area contributed by atoms with Crippen LogP contribution in [0.25, 0.3) is 0 Å². The largest absolute Gasteiger partial charge is 0.352 e. The predicted molar refractivity (Wildman–Crippen MR) is 99.5 cm³/mol. The van der Waals surface area contributed by atoms with Gasteiger partial charge in [-0.15, -0.1) is 0 Å². The normalized spacial score (nSPS) is 18.8. The zero-order valence-corrected chi connectivity index (χ0v) is 15.4. The van der Waals surface area contributed by atoms with Crippen LogP contribution >= 0.6 is 0 Å². The molecule has 2 amide bonds. The van der Waals surface area contributed by atoms with Crippen molar-refractivity contribution in [3.8, 4) is 6.07 Å². The van der Waals surface area contributed by atoms with Gasteiger partial charge in [0.1, 0.15) is 0 Å². The molecule has 142 valence electrons. The molecule has 1 saturated carbocycles. The van der Waals surface area contributed by atoms with Gasteiger partial charge in [0.2, 0.25) is 11.8 Å². The van der Waals surface area contributed by atoms with E-state index in [2.05, 4.69) is 5.32 Å². The Morgan fingerprint density at radius 2 is 1.85 bits per heavy atom. The van der Waals surface area contributed by atoms with E-state index < -0.39 is 17.6 Å². The maximum absolute atomic E-state index is 12.6. The van der Waals surface area contributed by atoms with E-state index in [1.54, 1.807) is 29.2 Å². The first-order valence-corrected chi connectivity index (χ1v) is 9.69. The fraction of sp³-hybridized carbons (Fsp3) is 0.524. The maximum atomic E-state index is 12.6. The lowest BCUT2D eigenvalue weighted by Crippen LogP contribution is -2.42. The molecule has 1 atom stereocenters. The van der Waals surface area contributed by atoms with Crippen molar-refractivity contribution in [1.82, 2.24) is 10.2 Å². The average Bonchev–Trinajstić information content (AvgIpc) is 3.08. The molecular weight excluding hydrogens is 342 g/mol. The van der Waals surface area contributed by atoms with Crippen molar-refractivity contribution in [2.75, 3.05) is 6.54 Å². The third-order valence-corrected chi connectivity index (χ3v) is 5.39. The first kappa shape index (κ1) is 19.1. The molecule has 1 aliphatic heterocycles. The van der Waals surface area contributed by atoms with Crippen LogP contribution in [0, 0.1) is 17.2 Å². The van der Waals surface area contributed by atoms with Crippen LogP contribution in [0.4, 0.5) is 0 Å². The van der Waals surface area contributed by atoms with Crippen molar-refractivity contribution < 1.29 is 14.4 Å². The highest BCUT2D eigenvalue weighted by Gasteiger charge is 2.29. The molecule has 1 saturated heterocycles. The van der Waals surface area contributed by atoms with Crippen LogP contribution in [0.5, 0.6) is 0 Å². The van der Waals surface area contributed by atoms with E-state index in [0.29, 0.717) is 18.5 Å². The van der Waals surface area contributed by atoms with E-state index in [1.165, 1.54) is 6.42 Å². The number of carbonyl (C=O) groups excluding carboxylic acids is 3. The van der Waals surface area contributed by atoms with E-state index >= 15 is 0 Å². The lowest BCUT2D eigenvalue weighted by atomic mass is 9.93. The van der Waals surface area contributed by atoms with Crippen LogP contribution in [0.3, 0.4) is 0 Å². The van der Waals surface area contributed by atoms with E-state index in [9.17, 15) is 19.6 Å². The Hall–Kier alpha value is -2.68. The first-order valence-electron chi connectivity index (χ1n) is 9.69. The number of nitrogens with zero attached hydrogens (tertiary/aromatic N) is 2. The minimum Gasteiger partial charge on any atom is -0.352 e. The Morgan fingerprint density at radius 1 is 1.15 bits per heavy atom. The van der Waals surface area contributed by atoms with Crippen molar-refractivity contribution in [2.45, 2.75) is 57.5 Å². The quantitative estimate of drug-likeness (QED) is 0.618. The smallest absolute Gasteiger partial charge is 0.245 e. The molecule has 0 radical (unpaired) electrons. The molecule has 1 unspecified atom stereocenters. The Bertz CT molecular complexity index is 745. The highest BCUT2D eigenvalue weighted by Crippen LogP contribution is 2.19. The third-order valence-electron chi connectivity index (χ3n) is 5.39. The number of carbonyl (C=O) groups is 3. The van der Waals surface area contributed by atoms with Crippen LogP contribution in [0.2, 0.25) is 0 Å². The molecule has 6 heteroatoms. The topological polar surface area (TPSA) is 90.3 Å². The SMILES string of the molecule is N#CC(C(=O)NC1CCCCC1)C(=O)c1ccc(CN2CCCC2=O)cc1. The number of hydrogen-bond acceptors (Lipinski definition) is 4. The number of benzene rings is 1. The van der Waals surface area contributed by atoms with Crippen LogP contribution in [-0.4, -0.2) is 35.1 Å². The number of nitriles is 1. The second kappa shape index (κ2) is 8.81. The van der Waals surface area contributed by atoms with Crippen molar-refractivity contribution in [3.63, 3.8) is 0 Å². The Labute approximate surface area is 159 Å². The Balaban J connectivity index is 1.61. The summed E-state index contributed by atoms with van der Waals surface area (Å²) in [5.74, 6) is -2.15. The zero-order valence-electron chi connectivity index (χ0n) is 15.4. The van der Waals surface area contributed by atoms with Gasteiger partial charge in [-0.3, -0.25) is 14.4 Å². The first-order chi connectivity index (χ1) is 13.1. The van der Waals surface area contributed by atoms with Gasteiger partial charge in [0.25, 0.3) is 0 Å². The molecule has 1 aromatic carbocycles. The number of hydrogen-bond donors (Lipinski definition) is 1. The predicted octanol–water partition coefficient (Wildman–Crippen LogP) is 2.58. The molecule has 2 aliphatic rings. The van der Waals surface area contributed by atoms with Gasteiger partial charge in [0.05, 0.1) is 6.07 Å². The summed E-state index contributed by atoms with van der Waals surface area (Å²) < 4.78 is 0. The number of rotatable bonds is 6. The summed E-state index contributed by atoms with van der Waals surface area (Å²) in [4.78, 5) is 38.5. The molecule has 6 nitrogen and oxygen atoms in total. The van der Waals surface area contributed by atoms with Crippen molar-refractivity contribution in [2.24, 2.45) is 5.92 Å². The summed E-state index contributed by atoms with van der Waals surface area (Å²) in [6.07, 6.45) is 6.59. The van der Waals surface area contributed by atoms with Gasteiger partial charge in [0, 0.05) is 31.1 Å². The Morgan fingerprint density at radius 3 is 2.44 bits per heavy atom. The standard InChI is InChI=1S/C21H25N3O3/c22-13-18(21(27)23-17-5-2-1-3-6-17)20(26)16-10-8-15(9-11-16)14-24-12-4-7-19(24)25/h8-11,17-18H,1-7,12,14H2,(H,23,27). The fourth-order valence-electron chi connectivity index (χ4n) is 3.80. The lowest BCUT2D eigenvalue weighted by molar-refractivity contribution is -0.128. The summed E-state index contributed by atoms with van der Waals surface area (Å²) in [5, 5.41) is 12.2. The highest BCUT2D eigenvalue weighted by atomic mass is 16.2. The number of Topliss-reactive ketones (excluding diaryl/α,β-unsaturated/α-hetero) is 1. The number of nitrogens with one attached hydrogen (secondary N) is 1. The van der Waals surface area contributed by atoms with E-state index in [0.717, 1.165) is 44.2 Å². The summed E-state index contributed by atoms with van der Waals surface area (Å²) in [5.41, 5.74) is 1.28. The zero-order chi connectivity index (χ0) is 19.2. The molecule has 1 aromatic rings. The fourth-order valence-corrected chi connectivity index (χ4v) is 3.80. The highest BCUT2D eigenvalue weighted by molar-refractivity contribution is 6.12. The maximum Gasteiger partial charge on any atom is 0.245 e. The van der Waals surface area contributed by atoms with Gasteiger partial charge in [-0.05, 0) is 24.8 Å². The van der Waals surface area contributed by atoms with Crippen molar-refractivity contribution in [3.05, 3.63) is 35.4 Å². The van der Waals surface area contributed by atoms with Gasteiger partial charge >= 0.3 is 0 Å². The van der Waals surface area contributed by atoms with Gasteiger partial charge in [0.15, 0.2) is 11.7 Å². The molecule has 0 spiro atoms. The summed E-state index contributed by atoms with van der Waals surface area (Å²) >= 11 is 0. The molecule has 1 aliphatic carbocycles. The second-order valence-corrected chi connectivity index (χ2v) is 7.39. The molecule has 27 heavy (non-hydrogen) atoms. The van der Waals surface area contributed by atoms with Gasteiger partial charge < -0.3 is 10.2 Å². The van der Waals surface area contributed by atoms with Crippen LogP contribution in [-0.2, 0) is 16.1 Å². The number of ketones is 1. The van der Waals surface area contributed by atoms with Crippen LogP contribution in [0.15, 0.2) is 24.3 Å². The molecule has 0 aromatic heterocycles. The average molecular weight is 367 g/mol. The minimum absolute atomic E-state index is 0.0651. The molecule has 1 N–H and O–H groups in total. The van der Waals surface area contributed by atoms with E-state index in [-0.39, 0.29) is 11.9 Å². The monoisotopic (exact) mass is 367 g/mol. The lowest BCUT2D eigenvalue weighted by Gasteiger charge is -2.23. The summed E-state index contributed by atoms with van der Waals surface area (Å²) in [7, 11) is 0.